The predicted molar refractivity (Wildman–Crippen MR) is 125 cm³/mol. The van der Waals surface area contributed by atoms with Gasteiger partial charge in [0.15, 0.2) is 0 Å². The minimum atomic E-state index is -4.62. The zero-order valence-corrected chi connectivity index (χ0v) is 18.1. The molecule has 0 atom stereocenters. The third kappa shape index (κ3) is 5.18. The Morgan fingerprint density at radius 1 is 0.943 bits per heavy atom. The molecule has 2 heterocycles. The Kier molecular flexibility index (Phi) is 6.58. The van der Waals surface area contributed by atoms with Crippen molar-refractivity contribution in [3.05, 3.63) is 96.4 Å². The molecule has 0 radical (unpaired) electrons. The van der Waals surface area contributed by atoms with Crippen molar-refractivity contribution in [2.75, 3.05) is 5.32 Å². The summed E-state index contributed by atoms with van der Waals surface area (Å²) in [6, 6.07) is 9.67. The molecule has 0 fully saturated rings. The molecule has 0 aliphatic carbocycles. The number of anilines is 1. The van der Waals surface area contributed by atoms with E-state index in [0.29, 0.717) is 33.4 Å². The average Bonchev–Trinajstić information content (AvgIpc) is 2.85. The van der Waals surface area contributed by atoms with Crippen LogP contribution in [0.2, 0.25) is 0 Å². The van der Waals surface area contributed by atoms with Gasteiger partial charge < -0.3 is 16.8 Å². The van der Waals surface area contributed by atoms with Crippen LogP contribution in [0.25, 0.3) is 27.6 Å². The molecule has 0 saturated carbocycles. The first-order chi connectivity index (χ1) is 16.8. The van der Waals surface area contributed by atoms with Gasteiger partial charge in [-0.2, -0.15) is 13.2 Å². The van der Waals surface area contributed by atoms with Crippen molar-refractivity contribution in [2.24, 2.45) is 11.5 Å². The van der Waals surface area contributed by atoms with Crippen molar-refractivity contribution < 1.29 is 17.6 Å². The first-order valence-corrected chi connectivity index (χ1v) is 10.3. The first-order valence-electron chi connectivity index (χ1n) is 10.3. The summed E-state index contributed by atoms with van der Waals surface area (Å²) in [6.07, 6.45) is 3.30. The highest BCUT2D eigenvalue weighted by atomic mass is 19.4. The number of aromatic nitrogens is 4. The number of rotatable bonds is 6. The number of allylic oxidation sites excluding steroid dienone is 2. The Bertz CT molecular complexity index is 1400. The molecule has 2 aromatic heterocycles. The molecule has 11 heteroatoms. The molecule has 178 valence electrons. The quantitative estimate of drug-likeness (QED) is 0.272. The molecule has 0 spiro atoms. The van der Waals surface area contributed by atoms with Crippen molar-refractivity contribution in [3.8, 4) is 11.1 Å². The highest BCUT2D eigenvalue weighted by Gasteiger charge is 2.34. The second kappa shape index (κ2) is 9.75. The first kappa shape index (κ1) is 23.6. The van der Waals surface area contributed by atoms with Gasteiger partial charge in [0.2, 0.25) is 5.82 Å². The van der Waals surface area contributed by atoms with E-state index >= 15 is 0 Å². The van der Waals surface area contributed by atoms with Crippen LogP contribution in [0.4, 0.5) is 23.4 Å². The summed E-state index contributed by atoms with van der Waals surface area (Å²) in [5.74, 6) is -1.16. The van der Waals surface area contributed by atoms with Crippen LogP contribution in [0.5, 0.6) is 0 Å². The lowest BCUT2D eigenvalue weighted by Crippen LogP contribution is -2.12. The Labute approximate surface area is 197 Å². The number of halogens is 4. The van der Waals surface area contributed by atoms with E-state index in [0.717, 1.165) is 23.5 Å². The number of nitrogens with two attached hydrogens (primary N) is 2. The van der Waals surface area contributed by atoms with E-state index in [1.807, 2.05) is 12.1 Å². The van der Waals surface area contributed by atoms with Crippen LogP contribution in [0.3, 0.4) is 0 Å². The fraction of sp³-hybridized carbons (Fsp3) is 0.0833. The van der Waals surface area contributed by atoms with E-state index in [-0.39, 0.29) is 12.4 Å². The Hall–Kier alpha value is -4.54. The number of alkyl halides is 3. The average molecular weight is 481 g/mol. The van der Waals surface area contributed by atoms with Gasteiger partial charge in [0.05, 0.1) is 5.52 Å². The maximum Gasteiger partial charge on any atom is 0.451 e. The van der Waals surface area contributed by atoms with E-state index in [4.69, 9.17) is 11.5 Å². The van der Waals surface area contributed by atoms with Gasteiger partial charge in [-0.25, -0.2) is 24.3 Å². The molecule has 0 aliphatic rings. The van der Waals surface area contributed by atoms with Crippen molar-refractivity contribution in [1.82, 2.24) is 19.9 Å². The van der Waals surface area contributed by atoms with Gasteiger partial charge in [-0.05, 0) is 47.7 Å². The van der Waals surface area contributed by atoms with Crippen LogP contribution >= 0.6 is 0 Å². The van der Waals surface area contributed by atoms with Crippen molar-refractivity contribution in [3.63, 3.8) is 0 Å². The van der Waals surface area contributed by atoms with Crippen LogP contribution in [-0.2, 0) is 12.7 Å². The highest BCUT2D eigenvalue weighted by molar-refractivity contribution is 6.01. The fourth-order valence-electron chi connectivity index (χ4n) is 3.45. The van der Waals surface area contributed by atoms with Gasteiger partial charge in [0.25, 0.3) is 0 Å². The van der Waals surface area contributed by atoms with E-state index < -0.39 is 12.0 Å². The molecule has 0 saturated heterocycles. The third-order valence-electron chi connectivity index (χ3n) is 5.10. The van der Waals surface area contributed by atoms with Gasteiger partial charge in [-0.1, -0.05) is 12.1 Å². The summed E-state index contributed by atoms with van der Waals surface area (Å²) in [6.45, 7) is 0.114. The maximum absolute atomic E-state index is 13.5. The van der Waals surface area contributed by atoms with Crippen LogP contribution in [0.15, 0.2) is 73.6 Å². The monoisotopic (exact) mass is 481 g/mol. The zero-order valence-electron chi connectivity index (χ0n) is 18.1. The Morgan fingerprint density at radius 2 is 1.66 bits per heavy atom. The predicted octanol–water partition coefficient (Wildman–Crippen LogP) is 4.63. The number of hydrogen-bond acceptors (Lipinski definition) is 7. The second-order valence-corrected chi connectivity index (χ2v) is 7.40. The topological polar surface area (TPSA) is 116 Å². The van der Waals surface area contributed by atoms with Crippen LogP contribution in [0.1, 0.15) is 17.0 Å². The summed E-state index contributed by atoms with van der Waals surface area (Å²) < 4.78 is 51.7. The van der Waals surface area contributed by atoms with E-state index in [2.05, 4.69) is 25.3 Å². The van der Waals surface area contributed by atoms with E-state index in [1.165, 1.54) is 30.9 Å². The Morgan fingerprint density at radius 3 is 2.29 bits per heavy atom. The largest absolute Gasteiger partial charge is 0.451 e. The smallest absolute Gasteiger partial charge is 0.405 e. The van der Waals surface area contributed by atoms with Crippen molar-refractivity contribution in [2.45, 2.75) is 12.7 Å². The van der Waals surface area contributed by atoms with Gasteiger partial charge in [-0.15, -0.1) is 0 Å². The summed E-state index contributed by atoms with van der Waals surface area (Å²) in [7, 11) is 0. The number of nitrogens with one attached hydrogen (secondary N) is 1. The highest BCUT2D eigenvalue weighted by Crippen LogP contribution is 2.34. The van der Waals surface area contributed by atoms with Crippen molar-refractivity contribution in [1.29, 1.82) is 0 Å². The maximum atomic E-state index is 13.5. The summed E-state index contributed by atoms with van der Waals surface area (Å²) in [5, 5.41) is 3.71. The van der Waals surface area contributed by atoms with E-state index in [1.54, 1.807) is 18.2 Å². The molecular weight excluding hydrogens is 462 g/mol. The molecule has 5 N–H and O–H groups in total. The number of fused-ring (bicyclic) bond motifs is 1. The van der Waals surface area contributed by atoms with Gasteiger partial charge in [-0.3, -0.25) is 0 Å². The summed E-state index contributed by atoms with van der Waals surface area (Å²) in [5.41, 5.74) is 15.2. The van der Waals surface area contributed by atoms with Gasteiger partial charge >= 0.3 is 6.18 Å². The van der Waals surface area contributed by atoms with Crippen LogP contribution in [0, 0.1) is 5.82 Å². The Balaban J connectivity index is 1.78. The normalized spacial score (nSPS) is 12.4. The minimum absolute atomic E-state index is 0.114. The van der Waals surface area contributed by atoms with E-state index in [9.17, 15) is 17.6 Å². The molecule has 7 nitrogen and oxygen atoms in total. The number of nitrogens with zero attached hydrogens (tertiary/aromatic N) is 4. The second-order valence-electron chi connectivity index (χ2n) is 7.40. The lowest BCUT2D eigenvalue weighted by atomic mass is 9.95. The molecule has 35 heavy (non-hydrogen) atoms. The standard InChI is InChI=1S/C24H19F4N7/c25-18-3-1-15(2-4-18)17-7-19(16(9-30)5-6-29)21-20(8-17)22(35-13-34-21)31-10-14-11-32-23(33-12-14)24(26,27)28/h1-9,11-13H,10,29-30H2,(H,31,34,35)/b6-5-,16-9+. The summed E-state index contributed by atoms with van der Waals surface area (Å²) >= 11 is 0. The lowest BCUT2D eigenvalue weighted by Gasteiger charge is -2.14. The molecule has 0 aliphatic heterocycles. The van der Waals surface area contributed by atoms with Crippen molar-refractivity contribution >= 4 is 22.3 Å². The molecule has 4 rings (SSSR count). The minimum Gasteiger partial charge on any atom is -0.405 e. The van der Waals surface area contributed by atoms with Gasteiger partial charge in [0, 0.05) is 47.2 Å². The molecule has 4 aromatic rings. The molecule has 0 amide bonds. The third-order valence-corrected chi connectivity index (χ3v) is 5.10. The molecule has 0 bridgehead atoms. The van der Waals surface area contributed by atoms with Crippen LogP contribution in [-0.4, -0.2) is 19.9 Å². The van der Waals surface area contributed by atoms with Gasteiger partial charge in [0.1, 0.15) is 18.0 Å². The molecular formula is C24H19F4N7. The van der Waals surface area contributed by atoms with Crippen LogP contribution < -0.4 is 16.8 Å². The molecule has 2 aromatic carbocycles. The fourth-order valence-corrected chi connectivity index (χ4v) is 3.45. The molecule has 0 unspecified atom stereocenters. The number of benzene rings is 2. The number of hydrogen-bond donors (Lipinski definition) is 3. The SMILES string of the molecule is N/C=C\C(=C/N)c1cc(-c2ccc(F)cc2)cc2c(NCc3cnc(C(F)(F)F)nc3)ncnc12. The lowest BCUT2D eigenvalue weighted by molar-refractivity contribution is -0.145. The zero-order chi connectivity index (χ0) is 25.0. The summed E-state index contributed by atoms with van der Waals surface area (Å²) in [4.78, 5) is 15.5.